The fourth-order valence-electron chi connectivity index (χ4n) is 3.80. The van der Waals surface area contributed by atoms with Crippen LogP contribution in [0.1, 0.15) is 11.1 Å². The van der Waals surface area contributed by atoms with E-state index < -0.39 is 0 Å². The molecule has 0 unspecified atom stereocenters. The van der Waals surface area contributed by atoms with E-state index in [1.165, 1.54) is 44.5 Å². The molecule has 2 nitrogen and oxygen atoms in total. The lowest BCUT2D eigenvalue weighted by molar-refractivity contribution is -0.685. The van der Waals surface area contributed by atoms with Crippen molar-refractivity contribution in [1.82, 2.24) is 0 Å². The number of hydrogen-bond acceptors (Lipinski definition) is 0. The van der Waals surface area contributed by atoms with E-state index in [1.54, 1.807) is 0 Å². The Bertz CT molecular complexity index is 1130. The zero-order chi connectivity index (χ0) is 18.3. The number of hydrogen-bond donors (Lipinski definition) is 0. The van der Waals surface area contributed by atoms with E-state index in [2.05, 4.69) is 110 Å². The van der Waals surface area contributed by atoms with E-state index in [1.807, 2.05) is 0 Å². The number of fused-ring (bicyclic) bond motifs is 1. The van der Waals surface area contributed by atoms with Gasteiger partial charge in [-0.3, -0.25) is 0 Å². The van der Waals surface area contributed by atoms with Gasteiger partial charge in [0.2, 0.25) is 5.69 Å². The highest BCUT2D eigenvalue weighted by Crippen LogP contribution is 2.32. The van der Waals surface area contributed by atoms with Crippen LogP contribution < -0.4 is 9.13 Å². The van der Waals surface area contributed by atoms with Gasteiger partial charge >= 0.3 is 0 Å². The minimum absolute atomic E-state index is 1.20. The van der Waals surface area contributed by atoms with Gasteiger partial charge in [-0.05, 0) is 47.9 Å². The molecule has 0 N–H and O–H groups in total. The molecule has 0 spiro atoms. The maximum absolute atomic E-state index is 2.31. The van der Waals surface area contributed by atoms with Crippen LogP contribution in [0, 0.1) is 13.8 Å². The van der Waals surface area contributed by atoms with Crippen molar-refractivity contribution in [2.24, 2.45) is 14.1 Å². The number of rotatable bonds is 2. The molecule has 26 heavy (non-hydrogen) atoms. The Balaban J connectivity index is 2.05. The van der Waals surface area contributed by atoms with Crippen molar-refractivity contribution >= 4 is 10.8 Å². The molecule has 0 amide bonds. The fraction of sp³-hybridized carbons (Fsp3) is 0.167. The Kier molecular flexibility index (Phi) is 4.04. The summed E-state index contributed by atoms with van der Waals surface area (Å²) in [6, 6.07) is 23.8. The number of aromatic nitrogens is 2. The first-order chi connectivity index (χ1) is 12.6. The van der Waals surface area contributed by atoms with E-state index >= 15 is 0 Å². The molecule has 4 rings (SSSR count). The number of benzene rings is 2. The van der Waals surface area contributed by atoms with Gasteiger partial charge in [-0.25, -0.2) is 0 Å². The van der Waals surface area contributed by atoms with Crippen LogP contribution in [0.25, 0.3) is 33.4 Å². The predicted molar refractivity (Wildman–Crippen MR) is 107 cm³/mol. The lowest BCUT2D eigenvalue weighted by atomic mass is 9.93. The van der Waals surface area contributed by atoms with Crippen molar-refractivity contribution in [3.05, 3.63) is 84.1 Å². The third-order valence-corrected chi connectivity index (χ3v) is 5.37. The summed E-state index contributed by atoms with van der Waals surface area (Å²) in [6.45, 7) is 4.43. The van der Waals surface area contributed by atoms with Crippen molar-refractivity contribution < 1.29 is 9.13 Å². The van der Waals surface area contributed by atoms with E-state index in [9.17, 15) is 0 Å². The number of aryl methyl sites for hydroxylation is 2. The normalized spacial score (nSPS) is 11.1. The van der Waals surface area contributed by atoms with E-state index in [4.69, 9.17) is 0 Å². The maximum Gasteiger partial charge on any atom is 0.277 e. The summed E-state index contributed by atoms with van der Waals surface area (Å²) in [7, 11) is 4.25. The molecule has 2 heteroatoms. The summed E-state index contributed by atoms with van der Waals surface area (Å²) in [5, 5.41) is 2.60. The van der Waals surface area contributed by atoms with Crippen molar-refractivity contribution in [2.75, 3.05) is 0 Å². The van der Waals surface area contributed by atoms with Crippen LogP contribution in [0.5, 0.6) is 0 Å². The van der Waals surface area contributed by atoms with Gasteiger partial charge in [-0.1, -0.05) is 30.3 Å². The van der Waals surface area contributed by atoms with Gasteiger partial charge in [0, 0.05) is 24.3 Å². The Labute approximate surface area is 155 Å². The standard InChI is InChI=1S/C24H24N2/c1-17-16-19-10-5-6-11-20(19)24(18(17)2)23-14-9-13-22(26(23)4)21-12-7-8-15-25(21)3/h5-16H,1-4H3/q+2. The molecule has 0 aliphatic rings. The lowest BCUT2D eigenvalue weighted by Gasteiger charge is -2.13. The smallest absolute Gasteiger partial charge is 0.196 e. The Morgan fingerprint density at radius 3 is 2.19 bits per heavy atom. The van der Waals surface area contributed by atoms with Crippen molar-refractivity contribution in [1.29, 1.82) is 0 Å². The fourth-order valence-corrected chi connectivity index (χ4v) is 3.80. The SMILES string of the molecule is Cc1cc2ccccc2c(-c2cccc(-c3cccc[n+]3C)[n+]2C)c1C. The quantitative estimate of drug-likeness (QED) is 0.477. The van der Waals surface area contributed by atoms with Crippen LogP contribution in [0.15, 0.2) is 72.9 Å². The van der Waals surface area contributed by atoms with Crippen molar-refractivity contribution in [3.8, 4) is 22.6 Å². The first-order valence-electron chi connectivity index (χ1n) is 9.01. The van der Waals surface area contributed by atoms with Crippen LogP contribution >= 0.6 is 0 Å². The minimum atomic E-state index is 1.20. The Morgan fingerprint density at radius 2 is 1.38 bits per heavy atom. The van der Waals surface area contributed by atoms with Crippen molar-refractivity contribution in [2.45, 2.75) is 13.8 Å². The second kappa shape index (κ2) is 6.38. The van der Waals surface area contributed by atoms with Crippen LogP contribution in [0.3, 0.4) is 0 Å². The van der Waals surface area contributed by atoms with Gasteiger partial charge < -0.3 is 0 Å². The molecule has 0 aliphatic carbocycles. The maximum atomic E-state index is 2.31. The zero-order valence-corrected chi connectivity index (χ0v) is 15.8. The third kappa shape index (κ3) is 2.59. The van der Waals surface area contributed by atoms with Crippen LogP contribution in [0.2, 0.25) is 0 Å². The number of pyridine rings is 2. The molecular formula is C24H24N2+2. The summed E-state index contributed by atoms with van der Waals surface area (Å²) in [6.07, 6.45) is 2.09. The molecule has 128 valence electrons. The monoisotopic (exact) mass is 340 g/mol. The summed E-state index contributed by atoms with van der Waals surface area (Å²) in [5.41, 5.74) is 7.64. The molecule has 0 saturated carbocycles. The first kappa shape index (κ1) is 16.5. The van der Waals surface area contributed by atoms with Gasteiger partial charge in [0.1, 0.15) is 14.1 Å². The highest BCUT2D eigenvalue weighted by Gasteiger charge is 2.24. The molecule has 2 heterocycles. The topological polar surface area (TPSA) is 7.76 Å². The molecule has 2 aromatic heterocycles. The predicted octanol–water partition coefficient (Wildman–Crippen LogP) is 4.44. The van der Waals surface area contributed by atoms with E-state index in [0.717, 1.165) is 0 Å². The molecule has 4 aromatic rings. The van der Waals surface area contributed by atoms with Gasteiger partial charge in [-0.2, -0.15) is 9.13 Å². The molecule has 0 aliphatic heterocycles. The second-order valence-electron chi connectivity index (χ2n) is 6.97. The average Bonchev–Trinajstić information content (AvgIpc) is 2.64. The Hall–Kier alpha value is -3.00. The third-order valence-electron chi connectivity index (χ3n) is 5.37. The largest absolute Gasteiger partial charge is 0.277 e. The lowest BCUT2D eigenvalue weighted by Crippen LogP contribution is -2.39. The second-order valence-corrected chi connectivity index (χ2v) is 6.97. The van der Waals surface area contributed by atoms with E-state index in [-0.39, 0.29) is 0 Å². The summed E-state index contributed by atoms with van der Waals surface area (Å²) in [4.78, 5) is 0. The molecule has 0 atom stereocenters. The van der Waals surface area contributed by atoms with Crippen molar-refractivity contribution in [3.63, 3.8) is 0 Å². The first-order valence-corrected chi connectivity index (χ1v) is 9.01. The van der Waals surface area contributed by atoms with Crippen LogP contribution in [-0.2, 0) is 14.1 Å². The zero-order valence-electron chi connectivity index (χ0n) is 15.8. The summed E-state index contributed by atoms with van der Waals surface area (Å²) < 4.78 is 4.48. The highest BCUT2D eigenvalue weighted by atomic mass is 15.0. The van der Waals surface area contributed by atoms with Gasteiger partial charge in [0.05, 0.1) is 5.56 Å². The minimum Gasteiger partial charge on any atom is -0.196 e. The molecule has 0 radical (unpaired) electrons. The summed E-state index contributed by atoms with van der Waals surface area (Å²) in [5.74, 6) is 0. The average molecular weight is 340 g/mol. The Morgan fingerprint density at radius 1 is 0.692 bits per heavy atom. The molecule has 0 fully saturated rings. The van der Waals surface area contributed by atoms with Gasteiger partial charge in [0.15, 0.2) is 6.20 Å². The number of nitrogens with zero attached hydrogens (tertiary/aromatic N) is 2. The van der Waals surface area contributed by atoms with Gasteiger partial charge in [0.25, 0.3) is 11.4 Å². The van der Waals surface area contributed by atoms with Gasteiger partial charge in [-0.15, -0.1) is 0 Å². The molecule has 0 bridgehead atoms. The van der Waals surface area contributed by atoms with E-state index in [0.29, 0.717) is 0 Å². The molecular weight excluding hydrogens is 316 g/mol. The molecule has 0 saturated heterocycles. The molecule has 2 aromatic carbocycles. The summed E-state index contributed by atoms with van der Waals surface area (Å²) >= 11 is 0. The van der Waals surface area contributed by atoms with Crippen LogP contribution in [0.4, 0.5) is 0 Å². The highest BCUT2D eigenvalue weighted by molar-refractivity contribution is 5.97. The van der Waals surface area contributed by atoms with Crippen LogP contribution in [-0.4, -0.2) is 0 Å².